The van der Waals surface area contributed by atoms with Crippen LogP contribution < -0.4 is 0 Å². The van der Waals surface area contributed by atoms with Crippen molar-refractivity contribution in [2.75, 3.05) is 26.4 Å². The molecule has 0 aromatic carbocycles. The average molecular weight is 493 g/mol. The van der Waals surface area contributed by atoms with Crippen LogP contribution in [-0.4, -0.2) is 86.7 Å². The molecule has 0 aromatic rings. The Morgan fingerprint density at radius 2 is 1.06 bits per heavy atom. The minimum absolute atomic E-state index is 0.0585. The van der Waals surface area contributed by atoms with Crippen LogP contribution in [0.2, 0.25) is 0 Å². The van der Waals surface area contributed by atoms with Crippen molar-refractivity contribution in [2.24, 2.45) is 0 Å². The van der Waals surface area contributed by atoms with E-state index in [1.165, 1.54) is 0 Å². The van der Waals surface area contributed by atoms with Crippen molar-refractivity contribution in [1.82, 2.24) is 0 Å². The molecule has 5 atom stereocenters. The van der Waals surface area contributed by atoms with E-state index in [0.717, 1.165) is 0 Å². The molecule has 0 bridgehead atoms. The lowest BCUT2D eigenvalue weighted by molar-refractivity contribution is -0.182. The Morgan fingerprint density at radius 3 is 1.56 bits per heavy atom. The maximum Gasteiger partial charge on any atom is 0.337 e. The highest BCUT2D eigenvalue weighted by atomic mass is 16.6. The first-order valence-electron chi connectivity index (χ1n) is 12.2. The van der Waals surface area contributed by atoms with E-state index >= 15 is 0 Å². The van der Waals surface area contributed by atoms with Crippen molar-refractivity contribution in [2.45, 2.75) is 124 Å². The quantitative estimate of drug-likeness (QED) is 0.265. The Kier molecular flexibility index (Phi) is 15.8. The number of hydrogen-bond donors (Lipinski definition) is 0. The molecule has 5 unspecified atom stereocenters. The molecule has 0 saturated heterocycles. The standard InChI is InChI=1S/C25H48O9/c1-16(2)31-19(6)14-29-23(26)22(9)33-18(5)12-28-13-21(8)34-25(10,11)24(27)30-15-20(7)32-17(3)4/h16-22H,12-15H2,1-11H3. The average Bonchev–Trinajstić information content (AvgIpc) is 2.68. The van der Waals surface area contributed by atoms with Gasteiger partial charge in [0.1, 0.15) is 13.2 Å². The third-order valence-corrected chi connectivity index (χ3v) is 4.38. The van der Waals surface area contributed by atoms with E-state index in [-0.39, 0.29) is 63.1 Å². The molecule has 0 fully saturated rings. The van der Waals surface area contributed by atoms with Crippen molar-refractivity contribution in [3.05, 3.63) is 0 Å². The summed E-state index contributed by atoms with van der Waals surface area (Å²) in [6.45, 7) is 20.8. The van der Waals surface area contributed by atoms with Crippen LogP contribution in [0.1, 0.15) is 76.2 Å². The van der Waals surface area contributed by atoms with Crippen LogP contribution in [0.25, 0.3) is 0 Å². The number of ether oxygens (including phenoxy) is 7. The highest BCUT2D eigenvalue weighted by Gasteiger charge is 2.33. The maximum absolute atomic E-state index is 12.4. The molecule has 0 rings (SSSR count). The first kappa shape index (κ1) is 32.7. The molecule has 0 aliphatic rings. The van der Waals surface area contributed by atoms with Crippen LogP contribution in [0.4, 0.5) is 0 Å². The van der Waals surface area contributed by atoms with Gasteiger partial charge in [-0.2, -0.15) is 0 Å². The fourth-order valence-electron chi connectivity index (χ4n) is 3.12. The second kappa shape index (κ2) is 16.4. The summed E-state index contributed by atoms with van der Waals surface area (Å²) in [4.78, 5) is 24.5. The summed E-state index contributed by atoms with van der Waals surface area (Å²) in [6.07, 6.45) is -1.67. The van der Waals surface area contributed by atoms with E-state index < -0.39 is 23.6 Å². The fraction of sp³-hybridized carbons (Fsp3) is 0.920. The number of carbonyl (C=O) groups excluding carboxylic acids is 2. The van der Waals surface area contributed by atoms with Crippen molar-refractivity contribution < 1.29 is 42.7 Å². The van der Waals surface area contributed by atoms with Crippen LogP contribution in [0, 0.1) is 0 Å². The highest BCUT2D eigenvalue weighted by Crippen LogP contribution is 2.16. The van der Waals surface area contributed by atoms with E-state index in [0.29, 0.717) is 0 Å². The van der Waals surface area contributed by atoms with Gasteiger partial charge in [-0.1, -0.05) is 0 Å². The predicted molar refractivity (Wildman–Crippen MR) is 129 cm³/mol. The highest BCUT2D eigenvalue weighted by molar-refractivity contribution is 5.78. The van der Waals surface area contributed by atoms with Crippen LogP contribution in [0.15, 0.2) is 0 Å². The summed E-state index contributed by atoms with van der Waals surface area (Å²) < 4.78 is 38.8. The summed E-state index contributed by atoms with van der Waals surface area (Å²) >= 11 is 0. The minimum Gasteiger partial charge on any atom is -0.461 e. The zero-order valence-electron chi connectivity index (χ0n) is 23.0. The third-order valence-electron chi connectivity index (χ3n) is 4.38. The molecule has 0 saturated carbocycles. The first-order valence-corrected chi connectivity index (χ1v) is 12.2. The second-order valence-electron chi connectivity index (χ2n) is 9.78. The third kappa shape index (κ3) is 15.6. The Morgan fingerprint density at radius 1 is 0.618 bits per heavy atom. The Hall–Kier alpha value is -1.26. The lowest BCUT2D eigenvalue weighted by atomic mass is 10.1. The first-order chi connectivity index (χ1) is 15.6. The lowest BCUT2D eigenvalue weighted by Gasteiger charge is -2.28. The monoisotopic (exact) mass is 492 g/mol. The number of esters is 2. The largest absolute Gasteiger partial charge is 0.461 e. The molecule has 0 N–H and O–H groups in total. The SMILES string of the molecule is CC(C)OC(C)COC(=O)C(C)OC(C)COCC(C)OC(C)(C)C(=O)OCC(C)OC(C)C. The molecule has 202 valence electrons. The van der Waals surface area contributed by atoms with Crippen LogP contribution in [0.3, 0.4) is 0 Å². The van der Waals surface area contributed by atoms with E-state index in [9.17, 15) is 9.59 Å². The van der Waals surface area contributed by atoms with Crippen molar-refractivity contribution in [3.8, 4) is 0 Å². The normalized spacial score (nSPS) is 16.7. The van der Waals surface area contributed by atoms with Gasteiger partial charge < -0.3 is 33.2 Å². The van der Waals surface area contributed by atoms with Gasteiger partial charge in [0.2, 0.25) is 0 Å². The van der Waals surface area contributed by atoms with Gasteiger partial charge in [-0.05, 0) is 76.2 Å². The number of rotatable bonds is 18. The lowest BCUT2D eigenvalue weighted by Crippen LogP contribution is -2.42. The van der Waals surface area contributed by atoms with Crippen LogP contribution >= 0.6 is 0 Å². The van der Waals surface area contributed by atoms with E-state index in [4.69, 9.17) is 33.2 Å². The van der Waals surface area contributed by atoms with Crippen molar-refractivity contribution >= 4 is 11.9 Å². The van der Waals surface area contributed by atoms with E-state index in [1.807, 2.05) is 55.4 Å². The molecular formula is C25H48O9. The van der Waals surface area contributed by atoms with Crippen molar-refractivity contribution in [3.63, 3.8) is 0 Å². The molecule has 9 nitrogen and oxygen atoms in total. The molecular weight excluding hydrogens is 444 g/mol. The number of carbonyl (C=O) groups is 2. The van der Waals surface area contributed by atoms with Gasteiger partial charge >= 0.3 is 11.9 Å². The Labute approximate surface area is 206 Å². The zero-order chi connectivity index (χ0) is 26.5. The summed E-state index contributed by atoms with van der Waals surface area (Å²) in [6, 6.07) is 0. The molecule has 0 aliphatic carbocycles. The topological polar surface area (TPSA) is 98.8 Å². The van der Waals surface area contributed by atoms with Gasteiger partial charge in [0, 0.05) is 0 Å². The molecule has 34 heavy (non-hydrogen) atoms. The summed E-state index contributed by atoms with van der Waals surface area (Å²) in [5.74, 6) is -0.910. The van der Waals surface area contributed by atoms with Gasteiger partial charge in [-0.15, -0.1) is 0 Å². The summed E-state index contributed by atoms with van der Waals surface area (Å²) in [5, 5.41) is 0. The Balaban J connectivity index is 4.24. The van der Waals surface area contributed by atoms with Crippen molar-refractivity contribution in [1.29, 1.82) is 0 Å². The predicted octanol–water partition coefficient (Wildman–Crippen LogP) is 3.69. The molecule has 9 heteroatoms. The fourth-order valence-corrected chi connectivity index (χ4v) is 3.12. The molecule has 0 heterocycles. The maximum atomic E-state index is 12.4. The molecule has 0 aliphatic heterocycles. The molecule has 0 amide bonds. The molecule has 0 spiro atoms. The minimum atomic E-state index is -1.13. The summed E-state index contributed by atoms with van der Waals surface area (Å²) in [5.41, 5.74) is -1.13. The second-order valence-corrected chi connectivity index (χ2v) is 9.78. The van der Waals surface area contributed by atoms with Crippen LogP contribution in [-0.2, 0) is 42.7 Å². The van der Waals surface area contributed by atoms with E-state index in [2.05, 4.69) is 0 Å². The molecule has 0 radical (unpaired) electrons. The van der Waals surface area contributed by atoms with Gasteiger partial charge in [-0.25, -0.2) is 9.59 Å². The number of hydrogen-bond acceptors (Lipinski definition) is 9. The smallest absolute Gasteiger partial charge is 0.337 e. The van der Waals surface area contributed by atoms with Crippen LogP contribution in [0.5, 0.6) is 0 Å². The summed E-state index contributed by atoms with van der Waals surface area (Å²) in [7, 11) is 0. The van der Waals surface area contributed by atoms with Gasteiger partial charge in [0.15, 0.2) is 11.7 Å². The van der Waals surface area contributed by atoms with Gasteiger partial charge in [0.05, 0.1) is 49.8 Å². The van der Waals surface area contributed by atoms with E-state index in [1.54, 1.807) is 20.8 Å². The van der Waals surface area contributed by atoms with Gasteiger partial charge in [-0.3, -0.25) is 0 Å². The zero-order valence-corrected chi connectivity index (χ0v) is 23.0. The van der Waals surface area contributed by atoms with Gasteiger partial charge in [0.25, 0.3) is 0 Å². The Bertz CT molecular complexity index is 577. The molecule has 0 aromatic heterocycles.